The van der Waals surface area contributed by atoms with E-state index in [1.54, 1.807) is 12.1 Å². The molecule has 2 fully saturated rings. The maximum Gasteiger partial charge on any atom is 0.248 e. The van der Waals surface area contributed by atoms with Gasteiger partial charge in [0.15, 0.2) is 0 Å². The number of nitrogen functional groups attached to an aromatic ring is 1. The lowest BCUT2D eigenvalue weighted by atomic mass is 9.90. The highest BCUT2D eigenvalue weighted by Crippen LogP contribution is 2.30. The molecule has 1 amide bonds. The predicted molar refractivity (Wildman–Crippen MR) is 81.8 cm³/mol. The van der Waals surface area contributed by atoms with Crippen LogP contribution in [-0.2, 0) is 11.3 Å². The van der Waals surface area contributed by atoms with Crippen molar-refractivity contribution in [3.63, 3.8) is 0 Å². The van der Waals surface area contributed by atoms with Crippen LogP contribution in [0.5, 0.6) is 0 Å². The highest BCUT2D eigenvalue weighted by atomic mass is 16.5. The number of carbonyl (C=O) groups excluding carboxylic acids is 1. The molecular weight excluding hydrogens is 266 g/mol. The highest BCUT2D eigenvalue weighted by Gasteiger charge is 2.34. The molecule has 1 heterocycles. The molecule has 1 aliphatic carbocycles. The van der Waals surface area contributed by atoms with Crippen molar-refractivity contribution in [3.8, 4) is 0 Å². The Morgan fingerprint density at radius 3 is 2.90 bits per heavy atom. The van der Waals surface area contributed by atoms with Crippen LogP contribution in [0.2, 0.25) is 0 Å². The fraction of sp³-hybridized carbons (Fsp3) is 0.562. The number of anilines is 1. The van der Waals surface area contributed by atoms with E-state index in [2.05, 4.69) is 4.90 Å². The summed E-state index contributed by atoms with van der Waals surface area (Å²) in [6.45, 7) is 2.55. The van der Waals surface area contributed by atoms with Crippen molar-refractivity contribution >= 4 is 11.6 Å². The number of amides is 1. The molecule has 3 rings (SSSR count). The van der Waals surface area contributed by atoms with Crippen LogP contribution < -0.4 is 11.5 Å². The van der Waals surface area contributed by atoms with Gasteiger partial charge in [0, 0.05) is 30.4 Å². The SMILES string of the molecule is NC(=O)c1ccc(CN2CCOC3CCCCC32)c(N)c1. The zero-order valence-corrected chi connectivity index (χ0v) is 12.3. The summed E-state index contributed by atoms with van der Waals surface area (Å²) in [6.07, 6.45) is 5.28. The Hall–Kier alpha value is -1.59. The second kappa shape index (κ2) is 6.03. The molecule has 114 valence electrons. The van der Waals surface area contributed by atoms with E-state index in [0.717, 1.165) is 31.7 Å². The Morgan fingerprint density at radius 2 is 2.14 bits per heavy atom. The van der Waals surface area contributed by atoms with Gasteiger partial charge in [0.25, 0.3) is 0 Å². The first-order chi connectivity index (χ1) is 10.1. The third kappa shape index (κ3) is 3.04. The molecule has 1 saturated heterocycles. The van der Waals surface area contributed by atoms with Gasteiger partial charge in [-0.3, -0.25) is 9.69 Å². The lowest BCUT2D eigenvalue weighted by Crippen LogP contribution is -2.52. The summed E-state index contributed by atoms with van der Waals surface area (Å²) in [5, 5.41) is 0. The molecule has 0 radical (unpaired) electrons. The minimum atomic E-state index is -0.438. The lowest BCUT2D eigenvalue weighted by molar-refractivity contribution is -0.0910. The first kappa shape index (κ1) is 14.4. The van der Waals surface area contributed by atoms with Crippen LogP contribution in [0.3, 0.4) is 0 Å². The Bertz CT molecular complexity index is 530. The Kier molecular flexibility index (Phi) is 4.12. The lowest BCUT2D eigenvalue weighted by Gasteiger charge is -2.44. The quantitative estimate of drug-likeness (QED) is 0.826. The topological polar surface area (TPSA) is 81.6 Å². The van der Waals surface area contributed by atoms with Crippen LogP contribution in [0.4, 0.5) is 5.69 Å². The molecule has 5 heteroatoms. The number of rotatable bonds is 3. The maximum absolute atomic E-state index is 11.2. The Balaban J connectivity index is 1.74. The normalized spacial score (nSPS) is 26.3. The number of hydrogen-bond acceptors (Lipinski definition) is 4. The van der Waals surface area contributed by atoms with Crippen LogP contribution >= 0.6 is 0 Å². The molecule has 1 aromatic rings. The van der Waals surface area contributed by atoms with Crippen LogP contribution in [0.25, 0.3) is 0 Å². The fourth-order valence-corrected chi connectivity index (χ4v) is 3.48. The van der Waals surface area contributed by atoms with Crippen molar-refractivity contribution in [2.24, 2.45) is 5.73 Å². The molecule has 2 aliphatic rings. The van der Waals surface area contributed by atoms with Crippen molar-refractivity contribution in [2.45, 2.75) is 44.4 Å². The fourth-order valence-electron chi connectivity index (χ4n) is 3.48. The van der Waals surface area contributed by atoms with Crippen molar-refractivity contribution in [1.29, 1.82) is 0 Å². The number of benzene rings is 1. The van der Waals surface area contributed by atoms with E-state index in [1.165, 1.54) is 19.3 Å². The molecular formula is C16H23N3O2. The average molecular weight is 289 g/mol. The van der Waals surface area contributed by atoms with Gasteiger partial charge >= 0.3 is 0 Å². The number of carbonyl (C=O) groups is 1. The summed E-state index contributed by atoms with van der Waals surface area (Å²) in [6, 6.07) is 5.86. The van der Waals surface area contributed by atoms with Gasteiger partial charge < -0.3 is 16.2 Å². The van der Waals surface area contributed by atoms with Gasteiger partial charge in [-0.2, -0.15) is 0 Å². The van der Waals surface area contributed by atoms with E-state index < -0.39 is 5.91 Å². The van der Waals surface area contributed by atoms with E-state index in [-0.39, 0.29) is 0 Å². The minimum absolute atomic E-state index is 0.374. The molecule has 4 N–H and O–H groups in total. The molecule has 21 heavy (non-hydrogen) atoms. The monoisotopic (exact) mass is 289 g/mol. The number of nitrogens with zero attached hydrogens (tertiary/aromatic N) is 1. The van der Waals surface area contributed by atoms with Crippen LogP contribution in [0, 0.1) is 0 Å². The van der Waals surface area contributed by atoms with Crippen molar-refractivity contribution < 1.29 is 9.53 Å². The summed E-state index contributed by atoms with van der Waals surface area (Å²) in [5.74, 6) is -0.438. The van der Waals surface area contributed by atoms with Gasteiger partial charge in [-0.25, -0.2) is 0 Å². The molecule has 1 aromatic carbocycles. The van der Waals surface area contributed by atoms with Crippen molar-refractivity contribution in [1.82, 2.24) is 4.90 Å². The molecule has 0 bridgehead atoms. The van der Waals surface area contributed by atoms with Crippen LogP contribution in [0.1, 0.15) is 41.6 Å². The third-order valence-electron chi connectivity index (χ3n) is 4.65. The van der Waals surface area contributed by atoms with Crippen LogP contribution in [0.15, 0.2) is 18.2 Å². The number of morpholine rings is 1. The number of nitrogens with two attached hydrogens (primary N) is 2. The second-order valence-electron chi connectivity index (χ2n) is 6.01. The first-order valence-corrected chi connectivity index (χ1v) is 7.69. The predicted octanol–water partition coefficient (Wildman–Crippen LogP) is 1.51. The molecule has 0 spiro atoms. The summed E-state index contributed by atoms with van der Waals surface area (Å²) in [4.78, 5) is 13.7. The second-order valence-corrected chi connectivity index (χ2v) is 6.01. The largest absolute Gasteiger partial charge is 0.398 e. The smallest absolute Gasteiger partial charge is 0.248 e. The van der Waals surface area contributed by atoms with Crippen molar-refractivity contribution in [2.75, 3.05) is 18.9 Å². The standard InChI is InChI=1S/C16H23N3O2/c17-13-9-11(16(18)20)5-6-12(13)10-19-7-8-21-15-4-2-1-3-14(15)19/h5-6,9,14-15H,1-4,7-8,10,17H2,(H2,18,20). The summed E-state index contributed by atoms with van der Waals surface area (Å²) in [5.41, 5.74) is 13.5. The molecule has 2 atom stereocenters. The van der Waals surface area contributed by atoms with Gasteiger partial charge in [0.2, 0.25) is 5.91 Å². The van der Waals surface area contributed by atoms with E-state index >= 15 is 0 Å². The van der Waals surface area contributed by atoms with Crippen molar-refractivity contribution in [3.05, 3.63) is 29.3 Å². The van der Waals surface area contributed by atoms with E-state index in [4.69, 9.17) is 16.2 Å². The molecule has 1 aliphatic heterocycles. The van der Waals surface area contributed by atoms with Gasteiger partial charge in [0.1, 0.15) is 0 Å². The number of primary amides is 1. The molecule has 1 saturated carbocycles. The van der Waals surface area contributed by atoms with E-state index in [9.17, 15) is 4.79 Å². The highest BCUT2D eigenvalue weighted by molar-refractivity contribution is 5.93. The van der Waals surface area contributed by atoms with E-state index in [0.29, 0.717) is 23.4 Å². The summed E-state index contributed by atoms with van der Waals surface area (Å²) >= 11 is 0. The number of hydrogen-bond donors (Lipinski definition) is 2. The van der Waals surface area contributed by atoms with Crippen LogP contribution in [-0.4, -0.2) is 36.1 Å². The van der Waals surface area contributed by atoms with E-state index in [1.807, 2.05) is 6.07 Å². The van der Waals surface area contributed by atoms with Gasteiger partial charge in [0.05, 0.1) is 12.7 Å². The maximum atomic E-state index is 11.2. The third-order valence-corrected chi connectivity index (χ3v) is 4.65. The minimum Gasteiger partial charge on any atom is -0.398 e. The summed E-state index contributed by atoms with van der Waals surface area (Å²) in [7, 11) is 0. The molecule has 2 unspecified atom stereocenters. The first-order valence-electron chi connectivity index (χ1n) is 7.69. The molecule has 5 nitrogen and oxygen atoms in total. The average Bonchev–Trinajstić information content (AvgIpc) is 2.49. The summed E-state index contributed by atoms with van der Waals surface area (Å²) < 4.78 is 5.90. The van der Waals surface area contributed by atoms with Gasteiger partial charge in [-0.1, -0.05) is 18.9 Å². The van der Waals surface area contributed by atoms with Gasteiger partial charge in [-0.05, 0) is 30.5 Å². The Morgan fingerprint density at radius 1 is 1.33 bits per heavy atom. The number of fused-ring (bicyclic) bond motifs is 1. The zero-order valence-electron chi connectivity index (χ0n) is 12.3. The number of ether oxygens (including phenoxy) is 1. The van der Waals surface area contributed by atoms with Gasteiger partial charge in [-0.15, -0.1) is 0 Å². The molecule has 0 aromatic heterocycles. The Labute approximate surface area is 125 Å². The zero-order chi connectivity index (χ0) is 14.8.